The maximum absolute atomic E-state index is 11.1. The van der Waals surface area contributed by atoms with Crippen molar-refractivity contribution in [1.82, 2.24) is 14.9 Å². The lowest BCUT2D eigenvalue weighted by Gasteiger charge is -2.09. The summed E-state index contributed by atoms with van der Waals surface area (Å²) in [6.45, 7) is 8.92. The molecule has 1 aromatic heterocycles. The fourth-order valence-electron chi connectivity index (χ4n) is 2.09. The number of imidazole rings is 1. The zero-order valence-electron chi connectivity index (χ0n) is 16.4. The molecule has 2 N–H and O–H groups in total. The number of carboxylic acid groups (broad SMARTS) is 1. The maximum Gasteiger partial charge on any atom is 0.356 e. The highest BCUT2D eigenvalue weighted by atomic mass is 16.5. The van der Waals surface area contributed by atoms with Crippen LogP contribution in [0.1, 0.15) is 53.7 Å². The Morgan fingerprint density at radius 2 is 2.04 bits per heavy atom. The van der Waals surface area contributed by atoms with E-state index in [9.17, 15) is 9.59 Å². The minimum atomic E-state index is -1.10. The zero-order valence-corrected chi connectivity index (χ0v) is 16.4. The molecule has 1 aromatic carbocycles. The average molecular weight is 363 g/mol. The van der Waals surface area contributed by atoms with E-state index in [0.29, 0.717) is 29.0 Å². The van der Waals surface area contributed by atoms with E-state index in [-0.39, 0.29) is 5.69 Å². The number of hydrogen-bond donors (Lipinski definition) is 2. The first-order valence-electron chi connectivity index (χ1n) is 8.55. The fourth-order valence-corrected chi connectivity index (χ4v) is 2.09. The van der Waals surface area contributed by atoms with Crippen LogP contribution in [-0.2, 0) is 0 Å². The van der Waals surface area contributed by atoms with Gasteiger partial charge >= 0.3 is 5.97 Å². The van der Waals surface area contributed by atoms with Crippen LogP contribution in [0, 0.1) is 6.92 Å². The Balaban J connectivity index is 0.000000772. The topological polar surface area (TPSA) is 93.4 Å². The average Bonchev–Trinajstić information content (AvgIpc) is 3.05. The molecular weight excluding hydrogens is 334 g/mol. The number of nitrogens with zero attached hydrogens (tertiary/aromatic N) is 2. The second kappa shape index (κ2) is 12.7. The molecule has 0 saturated heterocycles. The molecule has 0 amide bonds. The van der Waals surface area contributed by atoms with E-state index in [1.54, 1.807) is 29.7 Å². The van der Waals surface area contributed by atoms with Gasteiger partial charge in [0.15, 0.2) is 12.0 Å². The molecule has 0 fully saturated rings. The molecule has 26 heavy (non-hydrogen) atoms. The predicted molar refractivity (Wildman–Crippen MR) is 103 cm³/mol. The van der Waals surface area contributed by atoms with E-state index in [4.69, 9.17) is 9.84 Å². The van der Waals surface area contributed by atoms with E-state index in [2.05, 4.69) is 17.2 Å². The Labute approximate surface area is 155 Å². The summed E-state index contributed by atoms with van der Waals surface area (Å²) in [5, 5.41) is 12.0. The van der Waals surface area contributed by atoms with Crippen molar-refractivity contribution in [1.29, 1.82) is 0 Å². The van der Waals surface area contributed by atoms with Crippen LogP contribution in [0.25, 0.3) is 5.69 Å². The summed E-state index contributed by atoms with van der Waals surface area (Å²) < 4.78 is 6.61. The van der Waals surface area contributed by atoms with Crippen LogP contribution in [0.4, 0.5) is 0 Å². The van der Waals surface area contributed by atoms with E-state index in [0.717, 1.165) is 6.54 Å². The van der Waals surface area contributed by atoms with Crippen LogP contribution < -0.4 is 10.1 Å². The number of rotatable bonds is 6. The van der Waals surface area contributed by atoms with Crippen LogP contribution in [-0.4, -0.2) is 47.6 Å². The number of carbonyl (C=O) groups is 2. The molecule has 7 nitrogen and oxygen atoms in total. The summed E-state index contributed by atoms with van der Waals surface area (Å²) in [6.07, 6.45) is 3.31. The Kier molecular flexibility index (Phi) is 11.4. The van der Waals surface area contributed by atoms with Crippen LogP contribution in [0.5, 0.6) is 5.75 Å². The van der Waals surface area contributed by atoms with Crippen molar-refractivity contribution < 1.29 is 19.4 Å². The Bertz CT molecular complexity index is 694. The second-order valence-electron chi connectivity index (χ2n) is 5.00. The van der Waals surface area contributed by atoms with E-state index >= 15 is 0 Å². The van der Waals surface area contributed by atoms with Gasteiger partial charge < -0.3 is 19.7 Å². The molecule has 144 valence electrons. The molecule has 0 aliphatic rings. The third kappa shape index (κ3) is 6.33. The molecule has 1 heterocycles. The van der Waals surface area contributed by atoms with E-state index in [1.165, 1.54) is 19.9 Å². The quantitative estimate of drug-likeness (QED) is 0.765. The Morgan fingerprint density at radius 1 is 1.38 bits per heavy atom. The Hall–Kier alpha value is -2.67. The predicted octanol–water partition coefficient (Wildman–Crippen LogP) is 3.34. The molecule has 2 rings (SSSR count). The largest absolute Gasteiger partial charge is 0.497 e. The monoisotopic (exact) mass is 363 g/mol. The smallest absolute Gasteiger partial charge is 0.356 e. The van der Waals surface area contributed by atoms with Crippen LogP contribution in [0.2, 0.25) is 0 Å². The lowest BCUT2D eigenvalue weighted by Crippen LogP contribution is -2.04. The van der Waals surface area contributed by atoms with Crippen molar-refractivity contribution in [2.24, 2.45) is 0 Å². The molecule has 0 aliphatic carbocycles. The molecule has 0 aliphatic heterocycles. The van der Waals surface area contributed by atoms with Gasteiger partial charge in [0.05, 0.1) is 18.5 Å². The SMILES string of the molecule is CC.CCCNC.COc1ccc(-n2cnc(C(=O)O)c2C)c(C=O)c1. The van der Waals surface area contributed by atoms with Crippen LogP contribution in [0.3, 0.4) is 0 Å². The van der Waals surface area contributed by atoms with Gasteiger partial charge in [0, 0.05) is 5.56 Å². The van der Waals surface area contributed by atoms with Crippen molar-refractivity contribution >= 4 is 12.3 Å². The lowest BCUT2D eigenvalue weighted by molar-refractivity contribution is 0.0690. The zero-order chi connectivity index (χ0) is 20.1. The summed E-state index contributed by atoms with van der Waals surface area (Å²) in [7, 11) is 3.47. The molecule has 0 saturated carbocycles. The first-order valence-corrected chi connectivity index (χ1v) is 8.55. The number of carbonyl (C=O) groups excluding carboxylic acids is 1. The van der Waals surface area contributed by atoms with Crippen molar-refractivity contribution in [3.63, 3.8) is 0 Å². The molecule has 0 unspecified atom stereocenters. The van der Waals surface area contributed by atoms with Gasteiger partial charge in [-0.2, -0.15) is 0 Å². The van der Waals surface area contributed by atoms with Crippen LogP contribution >= 0.6 is 0 Å². The Morgan fingerprint density at radius 3 is 2.42 bits per heavy atom. The van der Waals surface area contributed by atoms with Gasteiger partial charge in [0.25, 0.3) is 0 Å². The highest BCUT2D eigenvalue weighted by Crippen LogP contribution is 2.22. The highest BCUT2D eigenvalue weighted by Gasteiger charge is 2.16. The molecular formula is C19H29N3O4. The third-order valence-electron chi connectivity index (χ3n) is 3.33. The summed E-state index contributed by atoms with van der Waals surface area (Å²) >= 11 is 0. The lowest BCUT2D eigenvalue weighted by atomic mass is 10.1. The number of hydrogen-bond acceptors (Lipinski definition) is 5. The van der Waals surface area contributed by atoms with Crippen molar-refractivity contribution in [2.75, 3.05) is 20.7 Å². The summed E-state index contributed by atoms with van der Waals surface area (Å²) in [5.41, 5.74) is 1.39. The first kappa shape index (κ1) is 23.3. The van der Waals surface area contributed by atoms with Gasteiger partial charge in [-0.15, -0.1) is 0 Å². The maximum atomic E-state index is 11.1. The van der Waals surface area contributed by atoms with Crippen molar-refractivity contribution in [3.8, 4) is 11.4 Å². The second-order valence-corrected chi connectivity index (χ2v) is 5.00. The van der Waals surface area contributed by atoms with Gasteiger partial charge in [0.1, 0.15) is 12.1 Å². The number of benzene rings is 1. The number of ether oxygens (including phenoxy) is 1. The molecule has 0 bridgehead atoms. The molecule has 0 radical (unpaired) electrons. The molecule has 0 spiro atoms. The van der Waals surface area contributed by atoms with Gasteiger partial charge in [-0.1, -0.05) is 20.8 Å². The summed E-state index contributed by atoms with van der Waals surface area (Å²) in [6, 6.07) is 4.97. The fraction of sp³-hybridized carbons (Fsp3) is 0.421. The highest BCUT2D eigenvalue weighted by molar-refractivity contribution is 5.87. The number of carboxylic acids is 1. The van der Waals surface area contributed by atoms with Gasteiger partial charge in [-0.3, -0.25) is 4.79 Å². The number of methoxy groups -OCH3 is 1. The standard InChI is InChI=1S/C13H12N2O4.C4H11N.C2H6/c1-8-12(13(17)18)14-7-15(8)11-4-3-10(19-2)5-9(11)6-16;1-3-4-5-2;1-2/h3-7H,1-2H3,(H,17,18);5H,3-4H2,1-2H3;1-2H3. The minimum Gasteiger partial charge on any atom is -0.497 e. The normalized spacial score (nSPS) is 9.31. The molecule has 2 aromatic rings. The molecule has 7 heteroatoms. The van der Waals surface area contributed by atoms with Crippen molar-refractivity contribution in [2.45, 2.75) is 34.1 Å². The van der Waals surface area contributed by atoms with E-state index < -0.39 is 5.97 Å². The third-order valence-corrected chi connectivity index (χ3v) is 3.33. The minimum absolute atomic E-state index is 0.0346. The number of aromatic nitrogens is 2. The van der Waals surface area contributed by atoms with Gasteiger partial charge in [-0.05, 0) is 45.1 Å². The first-order chi connectivity index (χ1) is 12.5. The van der Waals surface area contributed by atoms with Gasteiger partial charge in [-0.25, -0.2) is 9.78 Å². The van der Waals surface area contributed by atoms with Gasteiger partial charge in [0.2, 0.25) is 0 Å². The molecule has 0 atom stereocenters. The van der Waals surface area contributed by atoms with E-state index in [1.807, 2.05) is 20.9 Å². The van der Waals surface area contributed by atoms with Crippen LogP contribution in [0.15, 0.2) is 24.5 Å². The number of aldehydes is 1. The number of nitrogens with one attached hydrogen (secondary N) is 1. The summed E-state index contributed by atoms with van der Waals surface area (Å²) in [5.74, 6) is -0.542. The summed E-state index contributed by atoms with van der Waals surface area (Å²) in [4.78, 5) is 25.9. The number of aromatic carboxylic acids is 1. The van der Waals surface area contributed by atoms with Crippen molar-refractivity contribution in [3.05, 3.63) is 41.5 Å².